The summed E-state index contributed by atoms with van der Waals surface area (Å²) >= 11 is 0. The molecule has 1 aliphatic rings. The standard InChI is InChI=1S/C16H23N3O/c1-2-3-15(17)12-4-6-13(7-5-12)16(20)19-14-8-10-18-11-9-14/h2,8-13,15H,1,3-7,17H2,(H,18,19,20). The fourth-order valence-electron chi connectivity index (χ4n) is 2.87. The highest BCUT2D eigenvalue weighted by Gasteiger charge is 2.28. The molecule has 2 rings (SSSR count). The molecule has 1 saturated carbocycles. The van der Waals surface area contributed by atoms with Gasteiger partial charge in [-0.25, -0.2) is 0 Å². The highest BCUT2D eigenvalue weighted by Crippen LogP contribution is 2.31. The molecule has 0 aliphatic heterocycles. The number of rotatable bonds is 5. The molecule has 0 bridgehead atoms. The first-order valence-electron chi connectivity index (χ1n) is 7.28. The van der Waals surface area contributed by atoms with Gasteiger partial charge in [-0.15, -0.1) is 6.58 Å². The first-order chi connectivity index (χ1) is 9.70. The van der Waals surface area contributed by atoms with E-state index < -0.39 is 0 Å². The van der Waals surface area contributed by atoms with Crippen LogP contribution in [-0.2, 0) is 4.79 Å². The van der Waals surface area contributed by atoms with Crippen LogP contribution in [0.3, 0.4) is 0 Å². The lowest BCUT2D eigenvalue weighted by molar-refractivity contribution is -0.121. The van der Waals surface area contributed by atoms with Gasteiger partial charge in [-0.1, -0.05) is 6.08 Å². The van der Waals surface area contributed by atoms with Gasteiger partial charge in [0, 0.05) is 30.0 Å². The van der Waals surface area contributed by atoms with Crippen molar-refractivity contribution < 1.29 is 4.79 Å². The van der Waals surface area contributed by atoms with Gasteiger partial charge < -0.3 is 11.1 Å². The lowest BCUT2D eigenvalue weighted by atomic mass is 9.77. The van der Waals surface area contributed by atoms with Crippen molar-refractivity contribution in [2.75, 3.05) is 5.32 Å². The number of hydrogen-bond donors (Lipinski definition) is 2. The highest BCUT2D eigenvalue weighted by atomic mass is 16.1. The first-order valence-corrected chi connectivity index (χ1v) is 7.28. The van der Waals surface area contributed by atoms with E-state index in [0.717, 1.165) is 37.8 Å². The minimum Gasteiger partial charge on any atom is -0.327 e. The summed E-state index contributed by atoms with van der Waals surface area (Å²) in [5.41, 5.74) is 6.94. The summed E-state index contributed by atoms with van der Waals surface area (Å²) in [6.45, 7) is 3.74. The molecule has 0 radical (unpaired) electrons. The largest absolute Gasteiger partial charge is 0.327 e. The summed E-state index contributed by atoms with van der Waals surface area (Å²) in [6.07, 6.45) is 10.0. The first kappa shape index (κ1) is 14.7. The third-order valence-electron chi connectivity index (χ3n) is 4.13. The van der Waals surface area contributed by atoms with E-state index in [1.807, 2.05) is 18.2 Å². The van der Waals surface area contributed by atoms with Crippen molar-refractivity contribution in [3.8, 4) is 0 Å². The summed E-state index contributed by atoms with van der Waals surface area (Å²) in [4.78, 5) is 16.1. The number of amides is 1. The summed E-state index contributed by atoms with van der Waals surface area (Å²) in [7, 11) is 0. The predicted molar refractivity (Wildman–Crippen MR) is 81.1 cm³/mol. The number of hydrogen-bond acceptors (Lipinski definition) is 3. The fourth-order valence-corrected chi connectivity index (χ4v) is 2.87. The second-order valence-electron chi connectivity index (χ2n) is 5.53. The van der Waals surface area contributed by atoms with Gasteiger partial charge in [0.2, 0.25) is 5.91 Å². The van der Waals surface area contributed by atoms with Crippen molar-refractivity contribution in [2.24, 2.45) is 17.6 Å². The SMILES string of the molecule is C=CCC(N)C1CCC(C(=O)Nc2ccncc2)CC1. The third kappa shape index (κ3) is 3.90. The Morgan fingerprint density at radius 2 is 2.05 bits per heavy atom. The zero-order chi connectivity index (χ0) is 14.4. The Balaban J connectivity index is 1.81. The molecular weight excluding hydrogens is 250 g/mol. The Hall–Kier alpha value is -1.68. The van der Waals surface area contributed by atoms with Crippen LogP contribution in [0, 0.1) is 11.8 Å². The minimum atomic E-state index is 0.107. The maximum atomic E-state index is 12.2. The van der Waals surface area contributed by atoms with Crippen LogP contribution in [-0.4, -0.2) is 16.9 Å². The summed E-state index contributed by atoms with van der Waals surface area (Å²) < 4.78 is 0. The topological polar surface area (TPSA) is 68.0 Å². The Bertz CT molecular complexity index is 438. The smallest absolute Gasteiger partial charge is 0.227 e. The number of carbonyl (C=O) groups excluding carboxylic acids is 1. The molecule has 20 heavy (non-hydrogen) atoms. The molecule has 3 N–H and O–H groups in total. The van der Waals surface area contributed by atoms with E-state index in [0.29, 0.717) is 5.92 Å². The van der Waals surface area contributed by atoms with Gasteiger partial charge >= 0.3 is 0 Å². The number of nitrogens with one attached hydrogen (secondary N) is 1. The van der Waals surface area contributed by atoms with Crippen molar-refractivity contribution in [1.29, 1.82) is 0 Å². The number of anilines is 1. The second-order valence-corrected chi connectivity index (χ2v) is 5.53. The number of aromatic nitrogens is 1. The van der Waals surface area contributed by atoms with Gasteiger partial charge in [0.25, 0.3) is 0 Å². The lowest BCUT2D eigenvalue weighted by Crippen LogP contribution is -2.35. The molecule has 4 nitrogen and oxygen atoms in total. The molecule has 1 aliphatic carbocycles. The van der Waals surface area contributed by atoms with Crippen LogP contribution >= 0.6 is 0 Å². The molecule has 1 amide bonds. The molecule has 1 aromatic rings. The number of carbonyl (C=O) groups is 1. The molecule has 1 aromatic heterocycles. The van der Waals surface area contributed by atoms with Crippen molar-refractivity contribution in [3.05, 3.63) is 37.2 Å². The zero-order valence-electron chi connectivity index (χ0n) is 11.8. The number of pyridine rings is 1. The average Bonchev–Trinajstić information content (AvgIpc) is 2.48. The predicted octanol–water partition coefficient (Wildman–Crippen LogP) is 2.73. The van der Waals surface area contributed by atoms with Crippen molar-refractivity contribution >= 4 is 11.6 Å². The monoisotopic (exact) mass is 273 g/mol. The van der Waals surface area contributed by atoms with Crippen molar-refractivity contribution in [1.82, 2.24) is 4.98 Å². The van der Waals surface area contributed by atoms with Crippen molar-refractivity contribution in [3.63, 3.8) is 0 Å². The summed E-state index contributed by atoms with van der Waals surface area (Å²) in [5, 5.41) is 2.95. The molecule has 0 saturated heterocycles. The number of nitrogens with zero attached hydrogens (tertiary/aromatic N) is 1. The zero-order valence-corrected chi connectivity index (χ0v) is 11.8. The Kier molecular flexibility index (Phi) is 5.30. The quantitative estimate of drug-likeness (QED) is 0.810. The van der Waals surface area contributed by atoms with E-state index in [1.54, 1.807) is 12.4 Å². The van der Waals surface area contributed by atoms with Crippen LogP contribution in [0.5, 0.6) is 0 Å². The minimum absolute atomic E-state index is 0.107. The van der Waals surface area contributed by atoms with Crippen LogP contribution in [0.1, 0.15) is 32.1 Å². The maximum Gasteiger partial charge on any atom is 0.227 e. The van der Waals surface area contributed by atoms with Crippen LogP contribution < -0.4 is 11.1 Å². The van der Waals surface area contributed by atoms with E-state index in [1.165, 1.54) is 0 Å². The lowest BCUT2D eigenvalue weighted by Gasteiger charge is -2.31. The molecule has 4 heteroatoms. The van der Waals surface area contributed by atoms with Gasteiger partial charge in [-0.3, -0.25) is 9.78 Å². The Morgan fingerprint density at radius 3 is 2.65 bits per heavy atom. The summed E-state index contributed by atoms with van der Waals surface area (Å²) in [5.74, 6) is 0.750. The molecule has 0 aromatic carbocycles. The normalized spacial score (nSPS) is 23.9. The highest BCUT2D eigenvalue weighted by molar-refractivity contribution is 5.92. The van der Waals surface area contributed by atoms with Gasteiger partial charge in [0.1, 0.15) is 0 Å². The van der Waals surface area contributed by atoms with Crippen LogP contribution in [0.4, 0.5) is 5.69 Å². The third-order valence-corrected chi connectivity index (χ3v) is 4.13. The molecule has 1 heterocycles. The van der Waals surface area contributed by atoms with Gasteiger partial charge in [-0.2, -0.15) is 0 Å². The molecule has 1 atom stereocenters. The van der Waals surface area contributed by atoms with E-state index in [4.69, 9.17) is 5.73 Å². The molecule has 0 spiro atoms. The molecule has 1 unspecified atom stereocenters. The molecule has 108 valence electrons. The van der Waals surface area contributed by atoms with Crippen LogP contribution in [0.15, 0.2) is 37.2 Å². The maximum absolute atomic E-state index is 12.2. The van der Waals surface area contributed by atoms with Crippen LogP contribution in [0.2, 0.25) is 0 Å². The Labute approximate surface area is 120 Å². The average molecular weight is 273 g/mol. The van der Waals surface area contributed by atoms with Gasteiger partial charge in [0.15, 0.2) is 0 Å². The fraction of sp³-hybridized carbons (Fsp3) is 0.500. The van der Waals surface area contributed by atoms with E-state index in [-0.39, 0.29) is 17.9 Å². The van der Waals surface area contributed by atoms with E-state index >= 15 is 0 Å². The summed E-state index contributed by atoms with van der Waals surface area (Å²) in [6, 6.07) is 3.81. The van der Waals surface area contributed by atoms with E-state index in [2.05, 4.69) is 16.9 Å². The van der Waals surface area contributed by atoms with Gasteiger partial charge in [-0.05, 0) is 50.2 Å². The second kappa shape index (κ2) is 7.20. The van der Waals surface area contributed by atoms with Crippen molar-refractivity contribution in [2.45, 2.75) is 38.1 Å². The van der Waals surface area contributed by atoms with Gasteiger partial charge in [0.05, 0.1) is 0 Å². The Morgan fingerprint density at radius 1 is 1.40 bits per heavy atom. The molecular formula is C16H23N3O. The number of nitrogens with two attached hydrogens (primary N) is 1. The van der Waals surface area contributed by atoms with E-state index in [9.17, 15) is 4.79 Å². The van der Waals surface area contributed by atoms with Crippen LogP contribution in [0.25, 0.3) is 0 Å². The molecule has 1 fully saturated rings.